The van der Waals surface area contributed by atoms with Crippen LogP contribution in [0.4, 0.5) is 11.5 Å². The summed E-state index contributed by atoms with van der Waals surface area (Å²) < 4.78 is 37.8. The van der Waals surface area contributed by atoms with Gasteiger partial charge in [-0.25, -0.2) is 23.2 Å². The molecule has 1 saturated heterocycles. The number of morpholine rings is 1. The molecule has 32 heavy (non-hydrogen) atoms. The number of benzene rings is 1. The van der Waals surface area contributed by atoms with Crippen LogP contribution in [0, 0.1) is 6.92 Å². The molecule has 1 aliphatic rings. The second-order valence-corrected chi connectivity index (χ2v) is 10.3. The average Bonchev–Trinajstić information content (AvgIpc) is 3.13. The van der Waals surface area contributed by atoms with Crippen LogP contribution < -0.4 is 5.32 Å². The molecule has 1 N–H and O–H groups in total. The van der Waals surface area contributed by atoms with Gasteiger partial charge in [0.1, 0.15) is 21.9 Å². The number of aromatic nitrogens is 2. The van der Waals surface area contributed by atoms with Gasteiger partial charge in [-0.1, -0.05) is 11.6 Å². The zero-order valence-electron chi connectivity index (χ0n) is 17.4. The number of carbonyl (C=O) groups excluding carboxylic acids is 1. The molecule has 3 aromatic rings. The summed E-state index contributed by atoms with van der Waals surface area (Å²) >= 11 is 7.58. The molecule has 3 heterocycles. The van der Waals surface area contributed by atoms with Crippen LogP contribution in [0.15, 0.2) is 29.4 Å². The Morgan fingerprint density at radius 2 is 2.06 bits per heavy atom. The van der Waals surface area contributed by atoms with E-state index in [0.29, 0.717) is 63.5 Å². The van der Waals surface area contributed by atoms with E-state index in [-0.39, 0.29) is 11.5 Å². The number of anilines is 2. The summed E-state index contributed by atoms with van der Waals surface area (Å²) in [7, 11) is -3.69. The molecule has 9 nitrogen and oxygen atoms in total. The highest BCUT2D eigenvalue weighted by atomic mass is 35.5. The molecule has 0 radical (unpaired) electrons. The Hall–Kier alpha value is -2.31. The van der Waals surface area contributed by atoms with Crippen LogP contribution in [0.25, 0.3) is 10.2 Å². The van der Waals surface area contributed by atoms with E-state index < -0.39 is 16.0 Å². The lowest BCUT2D eigenvalue weighted by molar-refractivity contribution is 0.0531. The third-order valence-corrected chi connectivity index (χ3v) is 8.39. The highest BCUT2D eigenvalue weighted by molar-refractivity contribution is 7.89. The van der Waals surface area contributed by atoms with Gasteiger partial charge in [-0.05, 0) is 37.6 Å². The standard InChI is InChI=1S/C20H21ClN4O5S2/c1-3-30-20(26)17-12(2)16-18(22-11-23-19(16)31-17)24-15-10-13(4-5-14(15)21)32(27,28)25-6-8-29-9-7-25/h4-5,10-11H,3,6-9H2,1-2H3,(H,22,23,24). The Labute approximate surface area is 194 Å². The molecule has 0 bridgehead atoms. The predicted molar refractivity (Wildman–Crippen MR) is 122 cm³/mol. The Balaban J connectivity index is 1.72. The lowest BCUT2D eigenvalue weighted by Gasteiger charge is -2.26. The van der Waals surface area contributed by atoms with Crippen LogP contribution in [0.1, 0.15) is 22.2 Å². The minimum Gasteiger partial charge on any atom is -0.462 e. The van der Waals surface area contributed by atoms with Crippen molar-refractivity contribution in [3.8, 4) is 0 Å². The fourth-order valence-electron chi connectivity index (χ4n) is 3.38. The Morgan fingerprint density at radius 3 is 2.78 bits per heavy atom. The van der Waals surface area contributed by atoms with Gasteiger partial charge < -0.3 is 14.8 Å². The molecule has 0 aliphatic carbocycles. The highest BCUT2D eigenvalue weighted by Gasteiger charge is 2.27. The number of aryl methyl sites for hydroxylation is 1. The van der Waals surface area contributed by atoms with Gasteiger partial charge in [-0.2, -0.15) is 4.31 Å². The van der Waals surface area contributed by atoms with Crippen molar-refractivity contribution in [1.82, 2.24) is 14.3 Å². The summed E-state index contributed by atoms with van der Waals surface area (Å²) in [5, 5.41) is 4.10. The third-order valence-electron chi connectivity index (χ3n) is 4.99. The van der Waals surface area contributed by atoms with E-state index in [1.54, 1.807) is 13.8 Å². The summed E-state index contributed by atoms with van der Waals surface area (Å²) in [6, 6.07) is 4.48. The van der Waals surface area contributed by atoms with E-state index in [9.17, 15) is 13.2 Å². The number of esters is 1. The molecular formula is C20H21ClN4O5S2. The fraction of sp³-hybridized carbons (Fsp3) is 0.350. The number of nitrogens with zero attached hydrogens (tertiary/aromatic N) is 3. The molecule has 0 saturated carbocycles. The zero-order valence-corrected chi connectivity index (χ0v) is 19.8. The zero-order chi connectivity index (χ0) is 22.9. The average molecular weight is 497 g/mol. The van der Waals surface area contributed by atoms with Crippen LogP contribution >= 0.6 is 22.9 Å². The molecular weight excluding hydrogens is 476 g/mol. The first-order chi connectivity index (χ1) is 15.3. The molecule has 0 amide bonds. The van der Waals surface area contributed by atoms with Gasteiger partial charge in [0, 0.05) is 13.1 Å². The summed E-state index contributed by atoms with van der Waals surface area (Å²) in [4.78, 5) is 22.0. The van der Waals surface area contributed by atoms with Crippen LogP contribution in [-0.2, 0) is 19.5 Å². The minimum atomic E-state index is -3.69. The van der Waals surface area contributed by atoms with Gasteiger partial charge in [-0.3, -0.25) is 0 Å². The number of nitrogens with one attached hydrogen (secondary N) is 1. The first-order valence-corrected chi connectivity index (χ1v) is 12.5. The summed E-state index contributed by atoms with van der Waals surface area (Å²) in [5.74, 6) is -0.00213. The fourth-order valence-corrected chi connectivity index (χ4v) is 6.02. The number of carbonyl (C=O) groups is 1. The van der Waals surface area contributed by atoms with Crippen LogP contribution in [0.5, 0.6) is 0 Å². The van der Waals surface area contributed by atoms with Crippen molar-refractivity contribution in [2.24, 2.45) is 0 Å². The van der Waals surface area contributed by atoms with E-state index in [1.807, 2.05) is 0 Å². The van der Waals surface area contributed by atoms with E-state index in [0.717, 1.165) is 0 Å². The molecule has 0 atom stereocenters. The van der Waals surface area contributed by atoms with Crippen molar-refractivity contribution in [2.75, 3.05) is 38.2 Å². The number of thiophene rings is 1. The topological polar surface area (TPSA) is 111 Å². The lowest BCUT2D eigenvalue weighted by atomic mass is 10.2. The molecule has 2 aromatic heterocycles. The monoisotopic (exact) mass is 496 g/mol. The Morgan fingerprint density at radius 1 is 1.31 bits per heavy atom. The van der Waals surface area contributed by atoms with Crippen molar-refractivity contribution >= 4 is 60.7 Å². The number of rotatable bonds is 6. The molecule has 1 fully saturated rings. The van der Waals surface area contributed by atoms with Gasteiger partial charge in [0.15, 0.2) is 0 Å². The normalized spacial score (nSPS) is 15.1. The number of fused-ring (bicyclic) bond motifs is 1. The predicted octanol–water partition coefficient (Wildman–Crippen LogP) is 3.59. The van der Waals surface area contributed by atoms with Crippen LogP contribution in [0.2, 0.25) is 5.02 Å². The lowest BCUT2D eigenvalue weighted by Crippen LogP contribution is -2.40. The van der Waals surface area contributed by atoms with Crippen molar-refractivity contribution in [1.29, 1.82) is 0 Å². The van der Waals surface area contributed by atoms with E-state index in [2.05, 4.69) is 15.3 Å². The summed E-state index contributed by atoms with van der Waals surface area (Å²) in [6.07, 6.45) is 1.37. The van der Waals surface area contributed by atoms with E-state index >= 15 is 0 Å². The largest absolute Gasteiger partial charge is 0.462 e. The van der Waals surface area contributed by atoms with E-state index in [1.165, 1.54) is 40.2 Å². The van der Waals surface area contributed by atoms with Gasteiger partial charge in [0.2, 0.25) is 10.0 Å². The first kappa shape index (κ1) is 22.9. The minimum absolute atomic E-state index is 0.117. The molecule has 1 aliphatic heterocycles. The quantitative estimate of drug-likeness (QED) is 0.515. The maximum atomic E-state index is 13.0. The maximum Gasteiger partial charge on any atom is 0.348 e. The number of ether oxygens (including phenoxy) is 2. The third kappa shape index (κ3) is 4.30. The van der Waals surface area contributed by atoms with E-state index in [4.69, 9.17) is 21.1 Å². The van der Waals surface area contributed by atoms with Crippen molar-refractivity contribution in [3.05, 3.63) is 40.0 Å². The maximum absolute atomic E-state index is 13.0. The number of halogens is 1. The molecule has 0 unspecified atom stereocenters. The Bertz CT molecular complexity index is 1270. The summed E-state index contributed by atoms with van der Waals surface area (Å²) in [6.45, 7) is 5.11. The van der Waals surface area contributed by atoms with Crippen molar-refractivity contribution < 1.29 is 22.7 Å². The number of hydrogen-bond donors (Lipinski definition) is 1. The van der Waals surface area contributed by atoms with Gasteiger partial charge in [-0.15, -0.1) is 11.3 Å². The highest BCUT2D eigenvalue weighted by Crippen LogP contribution is 2.36. The SMILES string of the molecule is CCOC(=O)c1sc2ncnc(Nc3cc(S(=O)(=O)N4CCOCC4)ccc3Cl)c2c1C. The van der Waals surface area contributed by atoms with Crippen LogP contribution in [-0.4, -0.2) is 61.6 Å². The van der Waals surface area contributed by atoms with Gasteiger partial charge >= 0.3 is 5.97 Å². The van der Waals surface area contributed by atoms with Crippen molar-refractivity contribution in [3.63, 3.8) is 0 Å². The summed E-state index contributed by atoms with van der Waals surface area (Å²) in [5.41, 5.74) is 1.06. The van der Waals surface area contributed by atoms with Gasteiger partial charge in [0.25, 0.3) is 0 Å². The molecule has 12 heteroatoms. The molecule has 0 spiro atoms. The van der Waals surface area contributed by atoms with Crippen LogP contribution in [0.3, 0.4) is 0 Å². The Kier molecular flexibility index (Phi) is 6.63. The van der Waals surface area contributed by atoms with Gasteiger partial charge in [0.05, 0.1) is 40.8 Å². The van der Waals surface area contributed by atoms with Crippen molar-refractivity contribution in [2.45, 2.75) is 18.7 Å². The number of sulfonamides is 1. The molecule has 4 rings (SSSR count). The first-order valence-electron chi connectivity index (χ1n) is 9.88. The second-order valence-electron chi connectivity index (χ2n) is 6.96. The molecule has 170 valence electrons. The smallest absolute Gasteiger partial charge is 0.348 e. The second kappa shape index (κ2) is 9.28. The molecule has 1 aromatic carbocycles. The number of hydrogen-bond acceptors (Lipinski definition) is 9.